The molecule has 0 spiro atoms. The van der Waals surface area contributed by atoms with Gasteiger partial charge in [-0.25, -0.2) is 8.42 Å². The number of hydrogen-bond donors (Lipinski definition) is 0. The van der Waals surface area contributed by atoms with E-state index in [1.54, 1.807) is 6.07 Å². The van der Waals surface area contributed by atoms with Crippen LogP contribution in [0.4, 0.5) is 0 Å². The number of sulfonamides is 1. The van der Waals surface area contributed by atoms with Gasteiger partial charge in [-0.3, -0.25) is 0 Å². The number of rotatable bonds is 7. The minimum Gasteiger partial charge on any atom is -0.493 e. The van der Waals surface area contributed by atoms with Gasteiger partial charge in [0.25, 0.3) is 0 Å². The summed E-state index contributed by atoms with van der Waals surface area (Å²) in [4.78, 5) is 0.127. The van der Waals surface area contributed by atoms with Crippen molar-refractivity contribution in [2.24, 2.45) is 0 Å². The molecule has 0 fully saturated rings. The quantitative estimate of drug-likeness (QED) is 0.729. The van der Waals surface area contributed by atoms with Crippen molar-refractivity contribution in [3.8, 4) is 17.6 Å². The molecule has 6 nitrogen and oxygen atoms in total. The van der Waals surface area contributed by atoms with Crippen LogP contribution < -0.4 is 9.47 Å². The van der Waals surface area contributed by atoms with E-state index >= 15 is 0 Å². The first kappa shape index (κ1) is 19.2. The minimum atomic E-state index is -3.81. The van der Waals surface area contributed by atoms with Gasteiger partial charge < -0.3 is 9.47 Å². The van der Waals surface area contributed by atoms with Crippen molar-refractivity contribution < 1.29 is 17.9 Å². The van der Waals surface area contributed by atoms with E-state index in [9.17, 15) is 8.42 Å². The Bertz CT molecular complexity index is 966. The molecule has 1 aliphatic rings. The number of nitrogens with zero attached hydrogens (tertiary/aromatic N) is 2. The number of methoxy groups -OCH3 is 2. The Kier molecular flexibility index (Phi) is 5.68. The number of hydrogen-bond acceptors (Lipinski definition) is 5. The van der Waals surface area contributed by atoms with Crippen LogP contribution in [-0.2, 0) is 16.4 Å². The van der Waals surface area contributed by atoms with Gasteiger partial charge in [0.15, 0.2) is 11.5 Å². The van der Waals surface area contributed by atoms with Crippen molar-refractivity contribution in [1.82, 2.24) is 4.31 Å². The molecule has 0 saturated carbocycles. The highest BCUT2D eigenvalue weighted by molar-refractivity contribution is 7.89. The van der Waals surface area contributed by atoms with E-state index in [0.717, 1.165) is 17.5 Å². The molecule has 2 aromatic carbocycles. The van der Waals surface area contributed by atoms with Gasteiger partial charge >= 0.3 is 0 Å². The highest BCUT2D eigenvalue weighted by atomic mass is 32.2. The molecule has 0 unspecified atom stereocenters. The Morgan fingerprint density at radius 2 is 1.89 bits per heavy atom. The largest absolute Gasteiger partial charge is 0.493 e. The van der Waals surface area contributed by atoms with Crippen LogP contribution >= 0.6 is 0 Å². The molecule has 0 N–H and O–H groups in total. The molecule has 0 radical (unpaired) electrons. The predicted molar refractivity (Wildman–Crippen MR) is 101 cm³/mol. The Morgan fingerprint density at radius 1 is 1.15 bits per heavy atom. The number of ether oxygens (including phenoxy) is 2. The summed E-state index contributed by atoms with van der Waals surface area (Å²) in [5, 5.41) is 9.03. The molecule has 0 heterocycles. The van der Waals surface area contributed by atoms with Crippen molar-refractivity contribution in [2.75, 3.05) is 20.8 Å². The van der Waals surface area contributed by atoms with Crippen molar-refractivity contribution >= 4 is 10.0 Å². The van der Waals surface area contributed by atoms with E-state index in [1.165, 1.54) is 30.7 Å². The molecule has 0 saturated heterocycles. The van der Waals surface area contributed by atoms with E-state index < -0.39 is 10.0 Å². The molecule has 142 valence electrons. The van der Waals surface area contributed by atoms with Crippen LogP contribution in [-0.4, -0.2) is 33.5 Å². The van der Waals surface area contributed by atoms with Crippen LogP contribution in [0.3, 0.4) is 0 Å². The highest BCUT2D eigenvalue weighted by Gasteiger charge is 2.36. The van der Waals surface area contributed by atoms with Gasteiger partial charge in [-0.2, -0.15) is 9.57 Å². The summed E-state index contributed by atoms with van der Waals surface area (Å²) in [6.45, 7) is 0.145. The molecule has 3 rings (SSSR count). The first-order chi connectivity index (χ1) is 13.0. The third-order valence-corrected chi connectivity index (χ3v) is 6.76. The van der Waals surface area contributed by atoms with E-state index in [2.05, 4.69) is 6.07 Å². The maximum absolute atomic E-state index is 13.4. The Labute approximate surface area is 160 Å². The third-order valence-electron chi connectivity index (χ3n) is 4.85. The summed E-state index contributed by atoms with van der Waals surface area (Å²) in [6.07, 6.45) is 1.66. The van der Waals surface area contributed by atoms with E-state index in [1.807, 2.05) is 24.3 Å². The fraction of sp³-hybridized carbons (Fsp3) is 0.350. The topological polar surface area (TPSA) is 79.6 Å². The van der Waals surface area contributed by atoms with Crippen LogP contribution in [0.5, 0.6) is 11.5 Å². The smallest absolute Gasteiger partial charge is 0.243 e. The zero-order chi connectivity index (χ0) is 19.4. The zero-order valence-corrected chi connectivity index (χ0v) is 16.2. The Morgan fingerprint density at radius 3 is 2.59 bits per heavy atom. The van der Waals surface area contributed by atoms with Gasteiger partial charge in [0, 0.05) is 19.0 Å². The lowest BCUT2D eigenvalue weighted by Gasteiger charge is -2.28. The molecular formula is C20H22N2O4S. The lowest BCUT2D eigenvalue weighted by atomic mass is 10.1. The number of aryl methyl sites for hydroxylation is 1. The van der Waals surface area contributed by atoms with Crippen molar-refractivity contribution in [3.63, 3.8) is 0 Å². The van der Waals surface area contributed by atoms with E-state index in [0.29, 0.717) is 17.9 Å². The van der Waals surface area contributed by atoms with Crippen LogP contribution in [0.25, 0.3) is 0 Å². The molecule has 0 aliphatic heterocycles. The molecule has 27 heavy (non-hydrogen) atoms. The zero-order valence-electron chi connectivity index (χ0n) is 15.4. The standard InChI is InChI=1S/C20H22N2O4S/c1-25-19-11-9-16(14-20(19)26-2)27(23,24)22(13-5-12-21)18-10-8-15-6-3-4-7-17(15)18/h3-4,6-7,9,11,14,18H,5,8,10,13H2,1-2H3/t18-/m1/s1. The maximum atomic E-state index is 13.4. The van der Waals surface area contributed by atoms with Crippen molar-refractivity contribution in [2.45, 2.75) is 30.2 Å². The van der Waals surface area contributed by atoms with E-state index in [4.69, 9.17) is 14.7 Å². The van der Waals surface area contributed by atoms with E-state index in [-0.39, 0.29) is 23.9 Å². The average Bonchev–Trinajstić information content (AvgIpc) is 3.11. The van der Waals surface area contributed by atoms with Crippen LogP contribution in [0.15, 0.2) is 47.4 Å². The van der Waals surface area contributed by atoms with Gasteiger partial charge in [-0.15, -0.1) is 0 Å². The third kappa shape index (κ3) is 3.64. The molecule has 1 atom stereocenters. The number of benzene rings is 2. The molecule has 2 aromatic rings. The fourth-order valence-corrected chi connectivity index (χ4v) is 5.20. The lowest BCUT2D eigenvalue weighted by molar-refractivity contribution is 0.327. The number of nitriles is 1. The molecule has 7 heteroatoms. The molecular weight excluding hydrogens is 364 g/mol. The second kappa shape index (κ2) is 7.99. The van der Waals surface area contributed by atoms with Gasteiger partial charge in [-0.1, -0.05) is 24.3 Å². The van der Waals surface area contributed by atoms with Gasteiger partial charge in [0.05, 0.1) is 31.2 Å². The van der Waals surface area contributed by atoms with Crippen molar-refractivity contribution in [1.29, 1.82) is 5.26 Å². The average molecular weight is 386 g/mol. The maximum Gasteiger partial charge on any atom is 0.243 e. The second-order valence-electron chi connectivity index (χ2n) is 6.29. The summed E-state index contributed by atoms with van der Waals surface area (Å²) in [5.74, 6) is 0.817. The summed E-state index contributed by atoms with van der Waals surface area (Å²) >= 11 is 0. The van der Waals surface area contributed by atoms with Crippen LogP contribution in [0.2, 0.25) is 0 Å². The Balaban J connectivity index is 2.04. The second-order valence-corrected chi connectivity index (χ2v) is 8.18. The van der Waals surface area contributed by atoms with Crippen LogP contribution in [0, 0.1) is 11.3 Å². The van der Waals surface area contributed by atoms with Gasteiger partial charge in [0.1, 0.15) is 0 Å². The van der Waals surface area contributed by atoms with Crippen LogP contribution in [0.1, 0.15) is 30.0 Å². The fourth-order valence-electron chi connectivity index (χ4n) is 3.55. The van der Waals surface area contributed by atoms with Gasteiger partial charge in [-0.05, 0) is 36.1 Å². The molecule has 0 bridgehead atoms. The monoisotopic (exact) mass is 386 g/mol. The number of fused-ring (bicyclic) bond motifs is 1. The first-order valence-corrected chi connectivity index (χ1v) is 10.2. The summed E-state index contributed by atoms with van der Waals surface area (Å²) in [7, 11) is -0.842. The molecule has 1 aliphatic carbocycles. The Hall–Kier alpha value is -2.56. The highest BCUT2D eigenvalue weighted by Crippen LogP contribution is 2.39. The first-order valence-electron chi connectivity index (χ1n) is 8.71. The van der Waals surface area contributed by atoms with Crippen molar-refractivity contribution in [3.05, 3.63) is 53.6 Å². The summed E-state index contributed by atoms with van der Waals surface area (Å²) < 4.78 is 38.7. The molecule has 0 amide bonds. The lowest BCUT2D eigenvalue weighted by Crippen LogP contribution is -2.35. The summed E-state index contributed by atoms with van der Waals surface area (Å²) in [5.41, 5.74) is 2.17. The summed E-state index contributed by atoms with van der Waals surface area (Å²) in [6, 6.07) is 14.2. The normalized spacial score (nSPS) is 16.0. The minimum absolute atomic E-state index is 0.127. The SMILES string of the molecule is COc1ccc(S(=O)(=O)N(CCC#N)[C@@H]2CCc3ccccc32)cc1OC. The predicted octanol–water partition coefficient (Wildman–Crippen LogP) is 3.30. The molecule has 0 aromatic heterocycles. The van der Waals surface area contributed by atoms with Gasteiger partial charge in [0.2, 0.25) is 10.0 Å².